The summed E-state index contributed by atoms with van der Waals surface area (Å²) in [6, 6.07) is 0.365. The van der Waals surface area contributed by atoms with Gasteiger partial charge in [0.05, 0.1) is 4.92 Å². The van der Waals surface area contributed by atoms with Gasteiger partial charge < -0.3 is 16.0 Å². The molecule has 104 valence electrons. The third-order valence-corrected chi connectivity index (χ3v) is 3.46. The van der Waals surface area contributed by atoms with Crippen molar-refractivity contribution >= 4 is 17.3 Å². The van der Waals surface area contributed by atoms with Crippen molar-refractivity contribution in [3.05, 3.63) is 16.4 Å². The summed E-state index contributed by atoms with van der Waals surface area (Å²) in [4.78, 5) is 20.2. The third kappa shape index (κ3) is 3.08. The summed E-state index contributed by atoms with van der Waals surface area (Å²) < 4.78 is 0. The molecule has 1 unspecified atom stereocenters. The lowest BCUT2D eigenvalue weighted by atomic mass is 10.0. The monoisotopic (exact) mass is 266 g/mol. The van der Waals surface area contributed by atoms with Crippen molar-refractivity contribution < 1.29 is 4.92 Å². The molecule has 1 aromatic rings. The van der Waals surface area contributed by atoms with E-state index in [9.17, 15) is 10.1 Å². The van der Waals surface area contributed by atoms with Crippen LogP contribution in [0.1, 0.15) is 19.3 Å². The molecule has 0 bridgehead atoms. The summed E-state index contributed by atoms with van der Waals surface area (Å²) in [7, 11) is 2.06. The second-order valence-electron chi connectivity index (χ2n) is 4.72. The van der Waals surface area contributed by atoms with E-state index >= 15 is 0 Å². The van der Waals surface area contributed by atoms with E-state index in [0.29, 0.717) is 12.6 Å². The molecule has 0 aliphatic carbocycles. The molecule has 1 aliphatic heterocycles. The molecule has 0 spiro atoms. The van der Waals surface area contributed by atoms with E-state index in [-0.39, 0.29) is 17.3 Å². The number of anilines is 2. The van der Waals surface area contributed by atoms with Crippen molar-refractivity contribution in [3.63, 3.8) is 0 Å². The van der Waals surface area contributed by atoms with Gasteiger partial charge in [0.2, 0.25) is 11.6 Å². The van der Waals surface area contributed by atoms with Crippen molar-refractivity contribution in [2.75, 3.05) is 31.2 Å². The molecule has 1 aromatic heterocycles. The van der Waals surface area contributed by atoms with Crippen LogP contribution in [0.2, 0.25) is 0 Å². The number of aromatic nitrogens is 2. The molecule has 0 saturated carbocycles. The number of nitrogens with two attached hydrogens (primary N) is 1. The number of hydrogen-bond acceptors (Lipinski definition) is 7. The summed E-state index contributed by atoms with van der Waals surface area (Å²) in [6.07, 6.45) is 4.70. The number of nitrogen functional groups attached to an aromatic ring is 1. The summed E-state index contributed by atoms with van der Waals surface area (Å²) in [5.41, 5.74) is 5.27. The number of hydrogen-bond donors (Lipinski definition) is 2. The molecule has 2 heterocycles. The molecule has 2 rings (SSSR count). The van der Waals surface area contributed by atoms with Crippen LogP contribution in [0, 0.1) is 10.1 Å². The van der Waals surface area contributed by atoms with Crippen LogP contribution >= 0.6 is 0 Å². The highest BCUT2D eigenvalue weighted by Gasteiger charge is 2.23. The maximum absolute atomic E-state index is 11.0. The van der Waals surface area contributed by atoms with Gasteiger partial charge in [-0.15, -0.1) is 0 Å². The molecule has 0 radical (unpaired) electrons. The van der Waals surface area contributed by atoms with E-state index in [4.69, 9.17) is 5.73 Å². The molecule has 0 amide bonds. The molecule has 1 saturated heterocycles. The largest absolute Gasteiger partial charge is 0.378 e. The van der Waals surface area contributed by atoms with Gasteiger partial charge in [-0.25, -0.2) is 9.97 Å². The van der Waals surface area contributed by atoms with Gasteiger partial charge in [0, 0.05) is 12.6 Å². The Morgan fingerprint density at radius 1 is 1.58 bits per heavy atom. The molecule has 8 nitrogen and oxygen atoms in total. The number of likely N-dealkylation sites (N-methyl/N-ethyl adjacent to an activating group) is 1. The molecular formula is C11H18N6O2. The van der Waals surface area contributed by atoms with Crippen LogP contribution in [0.25, 0.3) is 0 Å². The van der Waals surface area contributed by atoms with Gasteiger partial charge in [-0.2, -0.15) is 0 Å². The Balaban J connectivity index is 2.07. The van der Waals surface area contributed by atoms with Gasteiger partial charge in [0.25, 0.3) is 0 Å². The predicted molar refractivity (Wildman–Crippen MR) is 71.9 cm³/mol. The maximum atomic E-state index is 11.0. The van der Waals surface area contributed by atoms with Crippen LogP contribution in [0.3, 0.4) is 0 Å². The highest BCUT2D eigenvalue weighted by Crippen LogP contribution is 2.26. The van der Waals surface area contributed by atoms with Crippen LogP contribution in [-0.4, -0.2) is 46.0 Å². The summed E-state index contributed by atoms with van der Waals surface area (Å²) >= 11 is 0. The average molecular weight is 266 g/mol. The van der Waals surface area contributed by atoms with Crippen LogP contribution in [0.15, 0.2) is 6.33 Å². The van der Waals surface area contributed by atoms with Crippen molar-refractivity contribution in [1.82, 2.24) is 14.9 Å². The lowest BCUT2D eigenvalue weighted by Gasteiger charge is -2.32. The van der Waals surface area contributed by atoms with Crippen molar-refractivity contribution in [1.29, 1.82) is 0 Å². The molecule has 3 N–H and O–H groups in total. The van der Waals surface area contributed by atoms with Gasteiger partial charge >= 0.3 is 5.69 Å². The Morgan fingerprint density at radius 3 is 3.05 bits per heavy atom. The smallest absolute Gasteiger partial charge is 0.352 e. The molecule has 1 fully saturated rings. The zero-order valence-electron chi connectivity index (χ0n) is 10.9. The molecular weight excluding hydrogens is 248 g/mol. The first-order valence-electron chi connectivity index (χ1n) is 6.28. The minimum atomic E-state index is -0.553. The molecule has 1 atom stereocenters. The quantitative estimate of drug-likeness (QED) is 0.614. The topological polar surface area (TPSA) is 110 Å². The maximum Gasteiger partial charge on any atom is 0.352 e. The number of nitrogens with one attached hydrogen (secondary N) is 1. The standard InChI is InChI=1S/C11H18N6O2/c1-16-5-3-2-4-8(16)6-13-11-9(17(18)19)10(12)14-7-15-11/h7-8H,2-6H2,1H3,(H3,12,13,14,15). The number of rotatable bonds is 4. The van der Waals surface area contributed by atoms with Crippen LogP contribution < -0.4 is 11.1 Å². The van der Waals surface area contributed by atoms with Crippen molar-refractivity contribution in [2.45, 2.75) is 25.3 Å². The first kappa shape index (κ1) is 13.5. The Hall–Kier alpha value is -1.96. The van der Waals surface area contributed by atoms with E-state index in [1.54, 1.807) is 0 Å². The fraction of sp³-hybridized carbons (Fsp3) is 0.636. The fourth-order valence-corrected chi connectivity index (χ4v) is 2.32. The average Bonchev–Trinajstić information content (AvgIpc) is 2.37. The Kier molecular flexibility index (Phi) is 4.10. The summed E-state index contributed by atoms with van der Waals surface area (Å²) in [5.74, 6) is 0.0796. The van der Waals surface area contributed by atoms with Gasteiger partial charge in [0.15, 0.2) is 0 Å². The number of nitro groups is 1. The zero-order valence-corrected chi connectivity index (χ0v) is 10.9. The van der Waals surface area contributed by atoms with E-state index in [1.165, 1.54) is 19.2 Å². The highest BCUT2D eigenvalue weighted by atomic mass is 16.6. The zero-order chi connectivity index (χ0) is 13.8. The Labute approximate surface area is 111 Å². The van der Waals surface area contributed by atoms with Crippen LogP contribution in [-0.2, 0) is 0 Å². The normalized spacial score (nSPS) is 20.2. The van der Waals surface area contributed by atoms with Gasteiger partial charge in [0.1, 0.15) is 6.33 Å². The van der Waals surface area contributed by atoms with E-state index in [1.807, 2.05) is 0 Å². The van der Waals surface area contributed by atoms with E-state index < -0.39 is 4.92 Å². The van der Waals surface area contributed by atoms with Gasteiger partial charge in [-0.3, -0.25) is 10.1 Å². The van der Waals surface area contributed by atoms with Gasteiger partial charge in [-0.05, 0) is 26.4 Å². The molecule has 0 aromatic carbocycles. The lowest BCUT2D eigenvalue weighted by Crippen LogP contribution is -2.40. The Morgan fingerprint density at radius 2 is 2.37 bits per heavy atom. The minimum Gasteiger partial charge on any atom is -0.378 e. The first-order chi connectivity index (χ1) is 9.09. The fourth-order valence-electron chi connectivity index (χ4n) is 2.32. The minimum absolute atomic E-state index is 0.112. The van der Waals surface area contributed by atoms with E-state index in [0.717, 1.165) is 13.0 Å². The number of likely N-dealkylation sites (tertiary alicyclic amines) is 1. The van der Waals surface area contributed by atoms with Crippen LogP contribution in [0.4, 0.5) is 17.3 Å². The molecule has 1 aliphatic rings. The second kappa shape index (κ2) is 5.79. The third-order valence-electron chi connectivity index (χ3n) is 3.46. The second-order valence-corrected chi connectivity index (χ2v) is 4.72. The van der Waals surface area contributed by atoms with Crippen molar-refractivity contribution in [2.24, 2.45) is 0 Å². The SMILES string of the molecule is CN1CCCCC1CNc1ncnc(N)c1[N+](=O)[O-]. The molecule has 19 heavy (non-hydrogen) atoms. The lowest BCUT2D eigenvalue weighted by molar-refractivity contribution is -0.383. The summed E-state index contributed by atoms with van der Waals surface area (Å²) in [6.45, 7) is 1.67. The van der Waals surface area contributed by atoms with E-state index in [2.05, 4.69) is 27.2 Å². The highest BCUT2D eigenvalue weighted by molar-refractivity contribution is 5.67. The Bertz CT molecular complexity index is 466. The van der Waals surface area contributed by atoms with Gasteiger partial charge in [-0.1, -0.05) is 6.42 Å². The first-order valence-corrected chi connectivity index (χ1v) is 6.28. The summed E-state index contributed by atoms with van der Waals surface area (Å²) in [5, 5.41) is 14.0. The number of nitrogens with zero attached hydrogens (tertiary/aromatic N) is 4. The molecule has 8 heteroatoms. The predicted octanol–water partition coefficient (Wildman–Crippen LogP) is 0.863. The van der Waals surface area contributed by atoms with Crippen molar-refractivity contribution in [3.8, 4) is 0 Å². The van der Waals surface area contributed by atoms with Crippen LogP contribution in [0.5, 0.6) is 0 Å². The number of piperidine rings is 1.